The normalized spacial score (nSPS) is 11.3. The molecule has 0 fully saturated rings. The fourth-order valence-corrected chi connectivity index (χ4v) is 4.33. The van der Waals surface area contributed by atoms with Gasteiger partial charge in [0.2, 0.25) is 0 Å². The van der Waals surface area contributed by atoms with Gasteiger partial charge in [-0.3, -0.25) is 0 Å². The standard InChI is InChI=1S/C30H34N2O4S/c1-3-5-7-9-11-13-27(33)35-25-19-15-23(16-20-25)29-31-32-30(37-29)24-17-21-26(22-18-24)36-28(34)14-12-10-8-6-4-2/h11-22H,3-10H2,1-2H3. The van der Waals surface area contributed by atoms with Crippen molar-refractivity contribution >= 4 is 23.3 Å². The van der Waals surface area contributed by atoms with Crippen LogP contribution in [0.3, 0.4) is 0 Å². The number of esters is 2. The van der Waals surface area contributed by atoms with Gasteiger partial charge in [0.25, 0.3) is 0 Å². The third kappa shape index (κ3) is 9.77. The number of carbonyl (C=O) groups is 2. The molecule has 2 aromatic carbocycles. The molecule has 0 aliphatic carbocycles. The van der Waals surface area contributed by atoms with E-state index in [4.69, 9.17) is 9.47 Å². The first-order valence-corrected chi connectivity index (χ1v) is 13.7. The highest BCUT2D eigenvalue weighted by Gasteiger charge is 2.10. The first kappa shape index (κ1) is 28.0. The van der Waals surface area contributed by atoms with Gasteiger partial charge in [0.1, 0.15) is 21.5 Å². The molecule has 1 aromatic heterocycles. The zero-order chi connectivity index (χ0) is 26.3. The highest BCUT2D eigenvalue weighted by atomic mass is 32.1. The third-order valence-electron chi connectivity index (χ3n) is 5.52. The second kappa shape index (κ2) is 15.5. The number of ether oxygens (including phenoxy) is 2. The molecule has 37 heavy (non-hydrogen) atoms. The van der Waals surface area contributed by atoms with E-state index in [0.29, 0.717) is 11.5 Å². The van der Waals surface area contributed by atoms with E-state index < -0.39 is 0 Å². The number of hydrogen-bond acceptors (Lipinski definition) is 7. The Bertz CT molecular complexity index is 1090. The molecule has 0 atom stereocenters. The van der Waals surface area contributed by atoms with Crippen LogP contribution in [0.4, 0.5) is 0 Å². The number of hydrogen-bond donors (Lipinski definition) is 0. The zero-order valence-electron chi connectivity index (χ0n) is 21.5. The Labute approximate surface area is 223 Å². The zero-order valence-corrected chi connectivity index (χ0v) is 22.3. The number of rotatable bonds is 14. The quantitative estimate of drug-likeness (QED) is 0.0932. The first-order valence-electron chi connectivity index (χ1n) is 12.9. The van der Waals surface area contributed by atoms with Crippen molar-refractivity contribution in [1.29, 1.82) is 0 Å². The highest BCUT2D eigenvalue weighted by Crippen LogP contribution is 2.31. The van der Waals surface area contributed by atoms with Crippen LogP contribution in [0.5, 0.6) is 11.5 Å². The van der Waals surface area contributed by atoms with Gasteiger partial charge in [0.05, 0.1) is 0 Å². The van der Waals surface area contributed by atoms with Gasteiger partial charge in [-0.05, 0) is 74.2 Å². The van der Waals surface area contributed by atoms with E-state index >= 15 is 0 Å². The van der Waals surface area contributed by atoms with E-state index in [1.807, 2.05) is 36.4 Å². The molecule has 1 heterocycles. The maximum Gasteiger partial charge on any atom is 0.335 e. The topological polar surface area (TPSA) is 78.4 Å². The van der Waals surface area contributed by atoms with Crippen molar-refractivity contribution in [1.82, 2.24) is 10.2 Å². The molecular formula is C30H34N2O4S. The van der Waals surface area contributed by atoms with E-state index in [1.54, 1.807) is 24.3 Å². The van der Waals surface area contributed by atoms with Crippen LogP contribution < -0.4 is 9.47 Å². The third-order valence-corrected chi connectivity index (χ3v) is 6.54. The summed E-state index contributed by atoms with van der Waals surface area (Å²) >= 11 is 1.45. The lowest BCUT2D eigenvalue weighted by Crippen LogP contribution is -2.03. The number of aromatic nitrogens is 2. The molecular weight excluding hydrogens is 484 g/mol. The monoisotopic (exact) mass is 518 g/mol. The van der Waals surface area contributed by atoms with Gasteiger partial charge in [0, 0.05) is 23.3 Å². The lowest BCUT2D eigenvalue weighted by Gasteiger charge is -2.02. The van der Waals surface area contributed by atoms with Crippen molar-refractivity contribution < 1.29 is 19.1 Å². The summed E-state index contributed by atoms with van der Waals surface area (Å²) in [6.07, 6.45) is 15.2. The molecule has 3 rings (SSSR count). The maximum absolute atomic E-state index is 12.0. The average Bonchev–Trinajstić information content (AvgIpc) is 3.40. The molecule has 3 aromatic rings. The number of carbonyl (C=O) groups excluding carboxylic acids is 2. The van der Waals surface area contributed by atoms with Gasteiger partial charge in [-0.1, -0.05) is 63.0 Å². The molecule has 0 amide bonds. The van der Waals surface area contributed by atoms with Gasteiger partial charge in [-0.25, -0.2) is 9.59 Å². The predicted molar refractivity (Wildman–Crippen MR) is 149 cm³/mol. The Kier molecular flexibility index (Phi) is 11.7. The Morgan fingerprint density at radius 1 is 0.676 bits per heavy atom. The number of allylic oxidation sites excluding steroid dienone is 2. The van der Waals surface area contributed by atoms with Crippen LogP contribution >= 0.6 is 11.3 Å². The van der Waals surface area contributed by atoms with Crippen LogP contribution in [0.2, 0.25) is 0 Å². The second-order valence-corrected chi connectivity index (χ2v) is 9.58. The molecule has 7 heteroatoms. The van der Waals surface area contributed by atoms with Crippen LogP contribution in [0.1, 0.15) is 65.2 Å². The molecule has 0 spiro atoms. The van der Waals surface area contributed by atoms with Gasteiger partial charge in [-0.2, -0.15) is 0 Å². The molecule has 0 bridgehead atoms. The fourth-order valence-electron chi connectivity index (χ4n) is 3.47. The lowest BCUT2D eigenvalue weighted by molar-refractivity contribution is -0.129. The molecule has 0 aliphatic rings. The SMILES string of the molecule is CCCCCC=CC(=O)Oc1ccc(-c2nnc(-c3ccc(OC(=O)C=CCCCCC)cc3)s2)cc1. The highest BCUT2D eigenvalue weighted by molar-refractivity contribution is 7.17. The Morgan fingerprint density at radius 3 is 1.46 bits per heavy atom. The van der Waals surface area contributed by atoms with Crippen molar-refractivity contribution in [2.75, 3.05) is 0 Å². The Hall–Kier alpha value is -3.58. The molecule has 0 radical (unpaired) electrons. The van der Waals surface area contributed by atoms with Crippen LogP contribution in [-0.4, -0.2) is 22.1 Å². The van der Waals surface area contributed by atoms with Crippen LogP contribution in [0.15, 0.2) is 72.8 Å². The van der Waals surface area contributed by atoms with E-state index in [2.05, 4.69) is 24.0 Å². The minimum atomic E-state index is -0.375. The van der Waals surface area contributed by atoms with Gasteiger partial charge in [-0.15, -0.1) is 10.2 Å². The van der Waals surface area contributed by atoms with E-state index in [1.165, 1.54) is 23.5 Å². The second-order valence-electron chi connectivity index (χ2n) is 8.60. The summed E-state index contributed by atoms with van der Waals surface area (Å²) in [5, 5.41) is 10.1. The lowest BCUT2D eigenvalue weighted by atomic mass is 10.2. The molecule has 0 saturated carbocycles. The first-order chi connectivity index (χ1) is 18.1. The van der Waals surface area contributed by atoms with Crippen molar-refractivity contribution in [3.63, 3.8) is 0 Å². The van der Waals surface area contributed by atoms with Crippen molar-refractivity contribution in [3.8, 4) is 32.6 Å². The smallest absolute Gasteiger partial charge is 0.335 e. The molecule has 0 aliphatic heterocycles. The summed E-state index contributed by atoms with van der Waals surface area (Å²) in [4.78, 5) is 23.9. The average molecular weight is 519 g/mol. The van der Waals surface area contributed by atoms with Crippen LogP contribution in [-0.2, 0) is 9.59 Å². The minimum absolute atomic E-state index is 0.375. The van der Waals surface area contributed by atoms with E-state index in [0.717, 1.165) is 72.5 Å². The molecule has 0 N–H and O–H groups in total. The summed E-state index contributed by atoms with van der Waals surface area (Å²) in [6.45, 7) is 4.30. The van der Waals surface area contributed by atoms with Gasteiger partial charge in [0.15, 0.2) is 0 Å². The van der Waals surface area contributed by atoms with Crippen molar-refractivity contribution in [2.24, 2.45) is 0 Å². The summed E-state index contributed by atoms with van der Waals surface area (Å²) < 4.78 is 10.7. The van der Waals surface area contributed by atoms with Gasteiger partial charge < -0.3 is 9.47 Å². The summed E-state index contributed by atoms with van der Waals surface area (Å²) in [5.41, 5.74) is 1.77. The predicted octanol–water partition coefficient (Wildman–Crippen LogP) is 7.96. The van der Waals surface area contributed by atoms with Gasteiger partial charge >= 0.3 is 11.9 Å². The number of nitrogens with zero attached hydrogens (tertiary/aromatic N) is 2. The van der Waals surface area contributed by atoms with Crippen molar-refractivity contribution in [3.05, 3.63) is 72.8 Å². The minimum Gasteiger partial charge on any atom is -0.423 e. The van der Waals surface area contributed by atoms with Crippen LogP contribution in [0.25, 0.3) is 21.1 Å². The Morgan fingerprint density at radius 2 is 1.08 bits per heavy atom. The summed E-state index contributed by atoms with van der Waals surface area (Å²) in [7, 11) is 0. The largest absolute Gasteiger partial charge is 0.423 e. The Balaban J connectivity index is 1.52. The van der Waals surface area contributed by atoms with Crippen molar-refractivity contribution in [2.45, 2.75) is 65.2 Å². The molecule has 0 unspecified atom stereocenters. The fraction of sp³-hybridized carbons (Fsp3) is 0.333. The molecule has 194 valence electrons. The maximum atomic E-state index is 12.0. The van der Waals surface area contributed by atoms with E-state index in [9.17, 15) is 9.59 Å². The summed E-state index contributed by atoms with van der Waals surface area (Å²) in [5.74, 6) is 0.217. The molecule has 0 saturated heterocycles. The number of benzene rings is 2. The number of unbranched alkanes of at least 4 members (excludes halogenated alkanes) is 6. The van der Waals surface area contributed by atoms with E-state index in [-0.39, 0.29) is 11.9 Å². The summed E-state index contributed by atoms with van der Waals surface area (Å²) in [6, 6.07) is 14.4. The molecule has 6 nitrogen and oxygen atoms in total. The van der Waals surface area contributed by atoms with Crippen LogP contribution in [0, 0.1) is 0 Å².